The van der Waals surface area contributed by atoms with Gasteiger partial charge in [0.15, 0.2) is 0 Å². The second-order valence-electron chi connectivity index (χ2n) is 2.53. The van der Waals surface area contributed by atoms with E-state index in [4.69, 9.17) is 0 Å². The zero-order valence-electron chi connectivity index (χ0n) is 7.80. The van der Waals surface area contributed by atoms with Gasteiger partial charge in [-0.05, 0) is 18.9 Å². The number of carbonyl (C=O) groups is 1. The third-order valence-corrected chi connectivity index (χ3v) is 1.47. The number of hydrogen-bond acceptors (Lipinski definition) is 2. The van der Waals surface area contributed by atoms with E-state index in [9.17, 15) is 4.79 Å². The van der Waals surface area contributed by atoms with Crippen LogP contribution in [0.3, 0.4) is 0 Å². The molecule has 2 heteroatoms. The van der Waals surface area contributed by atoms with Crippen LogP contribution < -0.4 is 0 Å². The minimum atomic E-state index is -0.346. The monoisotopic (exact) mass is 168 g/mol. The van der Waals surface area contributed by atoms with E-state index in [-0.39, 0.29) is 5.97 Å². The predicted molar refractivity (Wildman–Crippen MR) is 48.8 cm³/mol. The van der Waals surface area contributed by atoms with Crippen LogP contribution in [-0.4, -0.2) is 13.1 Å². The van der Waals surface area contributed by atoms with Crippen LogP contribution >= 0.6 is 0 Å². The molecule has 0 saturated carbocycles. The molecule has 0 aliphatic rings. The number of carbonyl (C=O) groups excluding carboxylic acids is 1. The lowest BCUT2D eigenvalue weighted by molar-refractivity contribution is -0.134. The van der Waals surface area contributed by atoms with Crippen molar-refractivity contribution in [2.45, 2.75) is 32.6 Å². The topological polar surface area (TPSA) is 26.3 Å². The van der Waals surface area contributed by atoms with Crippen LogP contribution in [0.25, 0.3) is 0 Å². The first-order valence-corrected chi connectivity index (χ1v) is 4.30. The van der Waals surface area contributed by atoms with Gasteiger partial charge < -0.3 is 4.74 Å². The summed E-state index contributed by atoms with van der Waals surface area (Å²) < 4.78 is 4.40. The average Bonchev–Trinajstić information content (AvgIpc) is 2.10. The molecule has 0 aliphatic heterocycles. The number of ether oxygens (including phenoxy) is 1. The Kier molecular flexibility index (Phi) is 7.41. The molecule has 0 unspecified atom stereocenters. The zero-order valence-corrected chi connectivity index (χ0v) is 7.80. The molecule has 0 radical (unpaired) electrons. The number of methoxy groups -OCH3 is 1. The van der Waals surface area contributed by atoms with Gasteiger partial charge in [0.1, 0.15) is 0 Å². The highest BCUT2D eigenvalue weighted by molar-refractivity contribution is 5.81. The van der Waals surface area contributed by atoms with E-state index in [0.717, 1.165) is 6.42 Å². The molecule has 0 rings (SSSR count). The largest absolute Gasteiger partial charge is 0.465 e. The molecule has 0 aliphatic carbocycles. The highest BCUT2D eigenvalue weighted by Gasteiger charge is 1.86. The average molecular weight is 168 g/mol. The summed E-state index contributed by atoms with van der Waals surface area (Å²) in [4.78, 5) is 10.5. The van der Waals surface area contributed by atoms with Crippen molar-refractivity contribution < 1.29 is 9.53 Å². The third kappa shape index (κ3) is 7.10. The Morgan fingerprint density at radius 2 is 2.25 bits per heavy atom. The third-order valence-electron chi connectivity index (χ3n) is 1.47. The van der Waals surface area contributed by atoms with Gasteiger partial charge in [0, 0.05) is 0 Å². The number of unbranched alkanes of at least 4 members (excludes halogenated alkanes) is 3. The summed E-state index contributed by atoms with van der Waals surface area (Å²) >= 11 is 0. The van der Waals surface area contributed by atoms with Gasteiger partial charge in [0.25, 0.3) is 0 Å². The second kappa shape index (κ2) is 8.09. The Hall–Kier alpha value is -1.01. The molecule has 12 heavy (non-hydrogen) atoms. The molecule has 0 saturated heterocycles. The lowest BCUT2D eigenvalue weighted by atomic mass is 10.2. The fourth-order valence-electron chi connectivity index (χ4n) is 0.766. The SMILES string of the molecule is CCCCCC=C=CC(=O)OC. The van der Waals surface area contributed by atoms with Crippen molar-refractivity contribution in [2.24, 2.45) is 0 Å². The fraction of sp³-hybridized carbons (Fsp3) is 0.600. The normalized spacial score (nSPS) is 8.50. The van der Waals surface area contributed by atoms with Crippen LogP contribution in [0.4, 0.5) is 0 Å². The van der Waals surface area contributed by atoms with Crippen LogP contribution in [-0.2, 0) is 9.53 Å². The molecule has 0 atom stereocenters. The summed E-state index contributed by atoms with van der Waals surface area (Å²) in [6, 6.07) is 0. The summed E-state index contributed by atoms with van der Waals surface area (Å²) in [5.74, 6) is -0.346. The quantitative estimate of drug-likeness (QED) is 0.273. The molecule has 0 aromatic carbocycles. The van der Waals surface area contributed by atoms with Gasteiger partial charge >= 0.3 is 5.97 Å². The molecule has 0 aromatic rings. The van der Waals surface area contributed by atoms with Gasteiger partial charge in [0.05, 0.1) is 13.2 Å². The minimum Gasteiger partial charge on any atom is -0.465 e. The first kappa shape index (κ1) is 11.0. The Balaban J connectivity index is 3.47. The summed E-state index contributed by atoms with van der Waals surface area (Å²) in [5, 5.41) is 0. The molecule has 0 N–H and O–H groups in total. The maximum Gasteiger partial charge on any atom is 0.338 e. The minimum absolute atomic E-state index is 0.346. The summed E-state index contributed by atoms with van der Waals surface area (Å²) in [5.41, 5.74) is 2.77. The Labute approximate surface area is 73.9 Å². The Morgan fingerprint density at radius 1 is 1.50 bits per heavy atom. The van der Waals surface area contributed by atoms with Crippen molar-refractivity contribution >= 4 is 5.97 Å². The van der Waals surface area contributed by atoms with Crippen molar-refractivity contribution in [3.05, 3.63) is 17.9 Å². The second-order valence-corrected chi connectivity index (χ2v) is 2.53. The Bertz CT molecular complexity index is 176. The molecule has 0 fully saturated rings. The van der Waals surface area contributed by atoms with Gasteiger partial charge in [-0.1, -0.05) is 19.8 Å². The number of rotatable bonds is 5. The van der Waals surface area contributed by atoms with Crippen LogP contribution in [0.15, 0.2) is 17.9 Å². The van der Waals surface area contributed by atoms with Gasteiger partial charge in [0.2, 0.25) is 0 Å². The molecule has 0 spiro atoms. The number of esters is 1. The van der Waals surface area contributed by atoms with E-state index in [0.29, 0.717) is 0 Å². The lowest BCUT2D eigenvalue weighted by Crippen LogP contribution is -1.92. The molecule has 68 valence electrons. The van der Waals surface area contributed by atoms with Crippen molar-refractivity contribution in [2.75, 3.05) is 7.11 Å². The first-order valence-electron chi connectivity index (χ1n) is 4.30. The molecular weight excluding hydrogens is 152 g/mol. The van der Waals surface area contributed by atoms with E-state index >= 15 is 0 Å². The standard InChI is InChI=1S/C10H16O2/c1-3-4-5-6-7-8-9-10(11)12-2/h7,9H,3-6H2,1-2H3. The first-order chi connectivity index (χ1) is 5.81. The van der Waals surface area contributed by atoms with Crippen LogP contribution in [0, 0.1) is 0 Å². The van der Waals surface area contributed by atoms with E-state index in [1.54, 1.807) is 0 Å². The van der Waals surface area contributed by atoms with Gasteiger partial charge in [-0.25, -0.2) is 4.79 Å². The van der Waals surface area contributed by atoms with Crippen molar-refractivity contribution in [3.63, 3.8) is 0 Å². The highest BCUT2D eigenvalue weighted by Crippen LogP contribution is 1.98. The van der Waals surface area contributed by atoms with Crippen molar-refractivity contribution in [3.8, 4) is 0 Å². The van der Waals surface area contributed by atoms with Crippen LogP contribution in [0.1, 0.15) is 32.6 Å². The highest BCUT2D eigenvalue weighted by atomic mass is 16.5. The molecule has 2 nitrogen and oxygen atoms in total. The summed E-state index contributed by atoms with van der Waals surface area (Å²) in [6.07, 6.45) is 7.78. The Morgan fingerprint density at radius 3 is 2.83 bits per heavy atom. The van der Waals surface area contributed by atoms with E-state index < -0.39 is 0 Å². The summed E-state index contributed by atoms with van der Waals surface area (Å²) in [7, 11) is 1.36. The van der Waals surface area contributed by atoms with Crippen molar-refractivity contribution in [1.82, 2.24) is 0 Å². The van der Waals surface area contributed by atoms with Crippen LogP contribution in [0.2, 0.25) is 0 Å². The maximum absolute atomic E-state index is 10.5. The van der Waals surface area contributed by atoms with E-state index in [1.165, 1.54) is 32.4 Å². The number of hydrogen-bond donors (Lipinski definition) is 0. The summed E-state index contributed by atoms with van der Waals surface area (Å²) in [6.45, 7) is 2.16. The van der Waals surface area contributed by atoms with Gasteiger partial charge in [-0.15, -0.1) is 5.73 Å². The lowest BCUT2D eigenvalue weighted by Gasteiger charge is -1.88. The van der Waals surface area contributed by atoms with E-state index in [2.05, 4.69) is 17.4 Å². The smallest absolute Gasteiger partial charge is 0.338 e. The fourth-order valence-corrected chi connectivity index (χ4v) is 0.766. The van der Waals surface area contributed by atoms with E-state index in [1.807, 2.05) is 6.08 Å². The molecule has 0 heterocycles. The zero-order chi connectivity index (χ0) is 9.23. The van der Waals surface area contributed by atoms with Gasteiger partial charge in [-0.3, -0.25) is 0 Å². The van der Waals surface area contributed by atoms with Crippen molar-refractivity contribution in [1.29, 1.82) is 0 Å². The van der Waals surface area contributed by atoms with Gasteiger partial charge in [-0.2, -0.15) is 0 Å². The molecule has 0 amide bonds. The molecule has 0 bridgehead atoms. The molecular formula is C10H16O2. The molecule has 0 aromatic heterocycles. The maximum atomic E-state index is 10.5. The predicted octanol–water partition coefficient (Wildman–Crippen LogP) is 2.45. The van der Waals surface area contributed by atoms with Crippen LogP contribution in [0.5, 0.6) is 0 Å².